The molecular weight excluding hydrogens is 148 g/mol. The molecule has 0 aromatic rings. The summed E-state index contributed by atoms with van der Waals surface area (Å²) >= 11 is 0. The van der Waals surface area contributed by atoms with Crippen LogP contribution in [0.4, 0.5) is 0 Å². The van der Waals surface area contributed by atoms with E-state index in [2.05, 4.69) is 5.32 Å². The summed E-state index contributed by atoms with van der Waals surface area (Å²) in [7, 11) is 0. The summed E-state index contributed by atoms with van der Waals surface area (Å²) in [6.07, 6.45) is 0.729. The quantitative estimate of drug-likeness (QED) is 0.389. The molecule has 0 bridgehead atoms. The highest BCUT2D eigenvalue weighted by Crippen LogP contribution is 2.04. The van der Waals surface area contributed by atoms with Crippen molar-refractivity contribution in [1.29, 1.82) is 0 Å². The molecule has 1 fully saturated rings. The van der Waals surface area contributed by atoms with Gasteiger partial charge in [-0.25, -0.2) is 0 Å². The zero-order chi connectivity index (χ0) is 8.27. The molecule has 2 N–H and O–H groups in total. The van der Waals surface area contributed by atoms with E-state index in [9.17, 15) is 9.59 Å². The van der Waals surface area contributed by atoms with Gasteiger partial charge in [0.05, 0.1) is 6.67 Å². The van der Waals surface area contributed by atoms with Crippen molar-refractivity contribution in [3.63, 3.8) is 0 Å². The highest BCUT2D eigenvalue weighted by molar-refractivity contribution is 6.27. The van der Waals surface area contributed by atoms with Crippen LogP contribution in [0, 0.1) is 0 Å². The Labute approximate surface area is 63.9 Å². The van der Waals surface area contributed by atoms with E-state index in [4.69, 9.17) is 5.21 Å². The number of nitrogens with one attached hydrogen (secondary N) is 1. The van der Waals surface area contributed by atoms with Crippen molar-refractivity contribution >= 4 is 12.1 Å². The molecule has 11 heavy (non-hydrogen) atoms. The molecule has 0 amide bonds. The Morgan fingerprint density at radius 3 is 3.00 bits per heavy atom. The predicted octanol–water partition coefficient (Wildman–Crippen LogP) is -1.23. The third-order valence-corrected chi connectivity index (χ3v) is 1.67. The predicted molar refractivity (Wildman–Crippen MR) is 36.0 cm³/mol. The van der Waals surface area contributed by atoms with Gasteiger partial charge in [0.2, 0.25) is 5.78 Å². The van der Waals surface area contributed by atoms with Crippen LogP contribution in [-0.4, -0.2) is 41.6 Å². The average molecular weight is 158 g/mol. The number of hydrogen-bond acceptors (Lipinski definition) is 5. The van der Waals surface area contributed by atoms with Gasteiger partial charge >= 0.3 is 0 Å². The van der Waals surface area contributed by atoms with E-state index in [-0.39, 0.29) is 13.0 Å². The molecule has 1 heterocycles. The van der Waals surface area contributed by atoms with Crippen molar-refractivity contribution in [3.05, 3.63) is 0 Å². The molecule has 0 aromatic heterocycles. The van der Waals surface area contributed by atoms with E-state index in [1.165, 1.54) is 0 Å². The van der Waals surface area contributed by atoms with Crippen LogP contribution in [0.25, 0.3) is 0 Å². The Hall–Kier alpha value is -0.780. The van der Waals surface area contributed by atoms with Gasteiger partial charge in [-0.2, -0.15) is 5.06 Å². The van der Waals surface area contributed by atoms with Crippen molar-refractivity contribution in [2.45, 2.75) is 12.5 Å². The van der Waals surface area contributed by atoms with E-state index < -0.39 is 11.8 Å². The molecule has 1 aliphatic rings. The number of hydroxylamine groups is 2. The fourth-order valence-corrected chi connectivity index (χ4v) is 1.06. The first-order valence-electron chi connectivity index (χ1n) is 3.41. The lowest BCUT2D eigenvalue weighted by atomic mass is 10.1. The molecule has 5 nitrogen and oxygen atoms in total. The van der Waals surface area contributed by atoms with Gasteiger partial charge in [0.1, 0.15) is 6.04 Å². The van der Waals surface area contributed by atoms with Crippen LogP contribution in [0.1, 0.15) is 6.42 Å². The largest absolute Gasteiger partial charge is 0.312 e. The van der Waals surface area contributed by atoms with Crippen molar-refractivity contribution < 1.29 is 14.8 Å². The van der Waals surface area contributed by atoms with Crippen LogP contribution < -0.4 is 5.32 Å². The maximum atomic E-state index is 10.8. The van der Waals surface area contributed by atoms with Crippen molar-refractivity contribution in [1.82, 2.24) is 10.4 Å². The van der Waals surface area contributed by atoms with Gasteiger partial charge in [0, 0.05) is 0 Å². The fraction of sp³-hybridized carbons (Fsp3) is 0.667. The summed E-state index contributed by atoms with van der Waals surface area (Å²) in [5.74, 6) is -0.561. The molecule has 0 saturated carbocycles. The maximum Gasteiger partial charge on any atom is 0.214 e. The van der Waals surface area contributed by atoms with Gasteiger partial charge in [0.25, 0.3) is 0 Å². The normalized spacial score (nSPS) is 26.5. The van der Waals surface area contributed by atoms with Gasteiger partial charge in [0.15, 0.2) is 6.29 Å². The molecule has 1 atom stereocenters. The number of nitrogens with zero attached hydrogens (tertiary/aromatic N) is 1. The molecule has 0 spiro atoms. The Morgan fingerprint density at radius 2 is 2.45 bits per heavy atom. The number of Topliss-reactive ketones (excluding diaryl/α,β-unsaturated/α-hetero) is 1. The second-order valence-corrected chi connectivity index (χ2v) is 2.42. The Morgan fingerprint density at radius 1 is 1.73 bits per heavy atom. The third-order valence-electron chi connectivity index (χ3n) is 1.67. The lowest BCUT2D eigenvalue weighted by molar-refractivity contribution is -0.164. The molecule has 0 aromatic carbocycles. The first-order valence-corrected chi connectivity index (χ1v) is 3.41. The van der Waals surface area contributed by atoms with Gasteiger partial charge < -0.3 is 10.5 Å². The minimum atomic E-state index is -0.645. The number of ketones is 1. The number of aldehydes is 1. The molecule has 1 unspecified atom stereocenters. The van der Waals surface area contributed by atoms with Gasteiger partial charge in [-0.1, -0.05) is 0 Å². The SMILES string of the molecule is O=CC(=O)C1CCNCN1O. The van der Waals surface area contributed by atoms with Crippen LogP contribution in [0.5, 0.6) is 0 Å². The van der Waals surface area contributed by atoms with Crippen molar-refractivity contribution in [2.24, 2.45) is 0 Å². The lowest BCUT2D eigenvalue weighted by Crippen LogP contribution is -2.50. The molecule has 0 aliphatic carbocycles. The van der Waals surface area contributed by atoms with E-state index in [0.29, 0.717) is 13.0 Å². The smallest absolute Gasteiger partial charge is 0.214 e. The lowest BCUT2D eigenvalue weighted by Gasteiger charge is -2.28. The van der Waals surface area contributed by atoms with Gasteiger partial charge in [-0.05, 0) is 13.0 Å². The standard InChI is InChI=1S/C6H10N2O3/c9-3-6(10)5-1-2-7-4-8(5)11/h3,5,7,11H,1-2,4H2. The summed E-state index contributed by atoms with van der Waals surface area (Å²) in [4.78, 5) is 20.8. The Kier molecular flexibility index (Phi) is 2.70. The van der Waals surface area contributed by atoms with Crippen LogP contribution in [0.2, 0.25) is 0 Å². The van der Waals surface area contributed by atoms with Crippen molar-refractivity contribution in [2.75, 3.05) is 13.2 Å². The Balaban J connectivity index is 2.53. The van der Waals surface area contributed by atoms with Crippen LogP contribution >= 0.6 is 0 Å². The van der Waals surface area contributed by atoms with E-state index in [0.717, 1.165) is 5.06 Å². The molecule has 62 valence electrons. The summed E-state index contributed by atoms with van der Waals surface area (Å²) in [5, 5.41) is 12.8. The third kappa shape index (κ3) is 1.83. The summed E-state index contributed by atoms with van der Waals surface area (Å²) in [6.45, 7) is 0.894. The van der Waals surface area contributed by atoms with Gasteiger partial charge in [-0.15, -0.1) is 0 Å². The van der Waals surface area contributed by atoms with E-state index >= 15 is 0 Å². The number of carbonyl (C=O) groups excluding carboxylic acids is 2. The first kappa shape index (κ1) is 8.32. The van der Waals surface area contributed by atoms with Crippen LogP contribution in [0.15, 0.2) is 0 Å². The monoisotopic (exact) mass is 158 g/mol. The zero-order valence-corrected chi connectivity index (χ0v) is 5.99. The highest BCUT2D eigenvalue weighted by Gasteiger charge is 2.26. The molecule has 0 radical (unpaired) electrons. The Bertz CT molecular complexity index is 171. The summed E-state index contributed by atoms with van der Waals surface area (Å²) in [5.41, 5.74) is 0. The van der Waals surface area contributed by atoms with Crippen LogP contribution in [0.3, 0.4) is 0 Å². The minimum absolute atomic E-state index is 0.240. The summed E-state index contributed by atoms with van der Waals surface area (Å²) < 4.78 is 0. The summed E-state index contributed by atoms with van der Waals surface area (Å²) in [6, 6.07) is -0.645. The second kappa shape index (κ2) is 3.56. The maximum absolute atomic E-state index is 10.8. The molecule has 1 aliphatic heterocycles. The minimum Gasteiger partial charge on any atom is -0.312 e. The number of hydrogen-bond donors (Lipinski definition) is 2. The second-order valence-electron chi connectivity index (χ2n) is 2.42. The molecule has 1 saturated heterocycles. The fourth-order valence-electron chi connectivity index (χ4n) is 1.06. The topological polar surface area (TPSA) is 69.6 Å². The molecular formula is C6H10N2O3. The van der Waals surface area contributed by atoms with Crippen LogP contribution in [-0.2, 0) is 9.59 Å². The van der Waals surface area contributed by atoms with Crippen molar-refractivity contribution in [3.8, 4) is 0 Å². The van der Waals surface area contributed by atoms with E-state index in [1.807, 2.05) is 0 Å². The first-order chi connectivity index (χ1) is 5.25. The van der Waals surface area contributed by atoms with Gasteiger partial charge in [-0.3, -0.25) is 9.59 Å². The zero-order valence-electron chi connectivity index (χ0n) is 5.99. The average Bonchev–Trinajstić information content (AvgIpc) is 2.04. The number of carbonyl (C=O) groups is 2. The molecule has 1 rings (SSSR count). The molecule has 5 heteroatoms. The van der Waals surface area contributed by atoms with E-state index in [1.54, 1.807) is 0 Å². The highest BCUT2D eigenvalue weighted by atomic mass is 16.5. The number of rotatable bonds is 2.